The monoisotopic (exact) mass is 514 g/mol. The van der Waals surface area contributed by atoms with E-state index in [4.69, 9.17) is 5.73 Å². The number of fused-ring (bicyclic) bond motifs is 1. The lowest BCUT2D eigenvalue weighted by molar-refractivity contribution is -0.134. The highest BCUT2D eigenvalue weighted by molar-refractivity contribution is 6.05. The molecule has 1 atom stereocenters. The zero-order valence-corrected chi connectivity index (χ0v) is 21.8. The van der Waals surface area contributed by atoms with Gasteiger partial charge in [-0.05, 0) is 69.2 Å². The topological polar surface area (TPSA) is 106 Å². The zero-order chi connectivity index (χ0) is 26.3. The molecule has 0 unspecified atom stereocenters. The van der Waals surface area contributed by atoms with Gasteiger partial charge in [0.1, 0.15) is 17.8 Å². The highest BCUT2D eigenvalue weighted by Gasteiger charge is 2.31. The van der Waals surface area contributed by atoms with Crippen molar-refractivity contribution >= 4 is 39.9 Å². The first-order chi connectivity index (χ1) is 17.8. The number of amides is 2. The summed E-state index contributed by atoms with van der Waals surface area (Å²) in [7, 11) is 1.99. The van der Waals surface area contributed by atoms with Crippen LogP contribution >= 0.6 is 0 Å². The molecule has 3 heterocycles. The van der Waals surface area contributed by atoms with Crippen molar-refractivity contribution in [2.24, 2.45) is 13.0 Å². The molecule has 8 nitrogen and oxygen atoms in total. The van der Waals surface area contributed by atoms with Gasteiger partial charge in [-0.15, -0.1) is 0 Å². The van der Waals surface area contributed by atoms with E-state index < -0.39 is 0 Å². The minimum atomic E-state index is -0.203. The average molecular weight is 515 g/mol. The molecule has 3 aromatic rings. The van der Waals surface area contributed by atoms with Gasteiger partial charge < -0.3 is 20.5 Å². The fraction of sp³-hybridized carbons (Fsp3) is 0.400. The third-order valence-electron chi connectivity index (χ3n) is 7.62. The Labute approximate surface area is 224 Å². The van der Waals surface area contributed by atoms with Crippen LogP contribution in [0.15, 0.2) is 42.8 Å². The quantitative estimate of drug-likeness (QED) is 0.439. The van der Waals surface area contributed by atoms with Crippen LogP contribution in [0.3, 0.4) is 0 Å². The van der Waals surface area contributed by atoms with Crippen LogP contribution in [0.2, 0.25) is 0 Å². The SMILES string of the molecule is C.C=C(C)C(=O)Nc1ccc(-c2c(C3=CC[C@H](C(=O)N4CCCC4)CC3)c3c(N)ncnc3n2C)c(C)c1. The van der Waals surface area contributed by atoms with Crippen molar-refractivity contribution in [1.82, 2.24) is 19.4 Å². The lowest BCUT2D eigenvalue weighted by Crippen LogP contribution is -2.34. The molecule has 0 saturated carbocycles. The first-order valence-electron chi connectivity index (χ1n) is 12.9. The van der Waals surface area contributed by atoms with Gasteiger partial charge in [0.25, 0.3) is 5.91 Å². The second-order valence-corrected chi connectivity index (χ2v) is 10.2. The number of likely N-dealkylation sites (tertiary alicyclic amines) is 1. The van der Waals surface area contributed by atoms with Gasteiger partial charge in [-0.1, -0.05) is 26.1 Å². The molecule has 2 aromatic heterocycles. The van der Waals surface area contributed by atoms with Gasteiger partial charge in [-0.3, -0.25) is 9.59 Å². The van der Waals surface area contributed by atoms with Crippen molar-refractivity contribution in [2.75, 3.05) is 24.1 Å². The molecule has 0 spiro atoms. The van der Waals surface area contributed by atoms with Crippen molar-refractivity contribution in [1.29, 1.82) is 0 Å². The molecule has 200 valence electrons. The molecule has 2 aliphatic rings. The number of nitrogens with two attached hydrogens (primary N) is 1. The van der Waals surface area contributed by atoms with Crippen LogP contribution in [0.4, 0.5) is 11.5 Å². The molecule has 8 heteroatoms. The Morgan fingerprint density at radius 1 is 1.18 bits per heavy atom. The predicted molar refractivity (Wildman–Crippen MR) is 154 cm³/mol. The van der Waals surface area contributed by atoms with Gasteiger partial charge >= 0.3 is 0 Å². The molecule has 0 radical (unpaired) electrons. The Morgan fingerprint density at radius 2 is 1.92 bits per heavy atom. The molecule has 3 N–H and O–H groups in total. The minimum Gasteiger partial charge on any atom is -0.383 e. The van der Waals surface area contributed by atoms with Gasteiger partial charge in [0, 0.05) is 48.4 Å². The summed E-state index contributed by atoms with van der Waals surface area (Å²) in [5.41, 5.74) is 13.6. The van der Waals surface area contributed by atoms with Crippen molar-refractivity contribution in [2.45, 2.75) is 53.4 Å². The van der Waals surface area contributed by atoms with Gasteiger partial charge in [0.05, 0.1) is 11.1 Å². The highest BCUT2D eigenvalue weighted by Crippen LogP contribution is 2.44. The lowest BCUT2D eigenvalue weighted by atomic mass is 9.84. The average Bonchev–Trinajstić information content (AvgIpc) is 3.52. The Hall–Kier alpha value is -3.94. The third-order valence-corrected chi connectivity index (χ3v) is 7.62. The first kappa shape index (κ1) is 27.1. The summed E-state index contributed by atoms with van der Waals surface area (Å²) in [5, 5.41) is 3.74. The second-order valence-electron chi connectivity index (χ2n) is 10.2. The molecule has 1 aliphatic carbocycles. The molecular formula is C30H38N6O2. The second kappa shape index (κ2) is 10.8. The van der Waals surface area contributed by atoms with Crippen LogP contribution in [0.5, 0.6) is 0 Å². The van der Waals surface area contributed by atoms with Crippen molar-refractivity contribution in [3.05, 3.63) is 53.9 Å². The summed E-state index contributed by atoms with van der Waals surface area (Å²) in [4.78, 5) is 36.0. The first-order valence-corrected chi connectivity index (χ1v) is 12.9. The molecule has 1 saturated heterocycles. The number of anilines is 2. The van der Waals surface area contributed by atoms with E-state index in [0.29, 0.717) is 17.1 Å². The van der Waals surface area contributed by atoms with E-state index in [2.05, 4.69) is 32.5 Å². The molecule has 5 rings (SSSR count). The Morgan fingerprint density at radius 3 is 2.55 bits per heavy atom. The maximum Gasteiger partial charge on any atom is 0.250 e. The summed E-state index contributed by atoms with van der Waals surface area (Å²) in [6.45, 7) is 9.20. The highest BCUT2D eigenvalue weighted by atomic mass is 16.2. The van der Waals surface area contributed by atoms with Crippen LogP contribution < -0.4 is 11.1 Å². The number of aromatic nitrogens is 3. The van der Waals surface area contributed by atoms with E-state index >= 15 is 0 Å². The molecule has 2 amide bonds. The van der Waals surface area contributed by atoms with E-state index in [1.807, 2.05) is 37.1 Å². The van der Waals surface area contributed by atoms with Crippen LogP contribution in [0.25, 0.3) is 27.9 Å². The van der Waals surface area contributed by atoms with E-state index in [1.54, 1.807) is 6.92 Å². The van der Waals surface area contributed by atoms with E-state index in [-0.39, 0.29) is 25.2 Å². The van der Waals surface area contributed by atoms with E-state index in [0.717, 1.165) is 78.6 Å². The lowest BCUT2D eigenvalue weighted by Gasteiger charge is -2.26. The fourth-order valence-corrected chi connectivity index (χ4v) is 5.63. The molecule has 1 aromatic carbocycles. The summed E-state index contributed by atoms with van der Waals surface area (Å²) >= 11 is 0. The summed E-state index contributed by atoms with van der Waals surface area (Å²) in [6, 6.07) is 5.89. The molecular weight excluding hydrogens is 476 g/mol. The Kier molecular flexibility index (Phi) is 7.71. The number of nitrogens with one attached hydrogen (secondary N) is 1. The number of rotatable bonds is 5. The smallest absolute Gasteiger partial charge is 0.250 e. The van der Waals surface area contributed by atoms with Crippen LogP contribution in [-0.2, 0) is 16.6 Å². The van der Waals surface area contributed by atoms with Gasteiger partial charge in [0.2, 0.25) is 5.91 Å². The largest absolute Gasteiger partial charge is 0.383 e. The van der Waals surface area contributed by atoms with Gasteiger partial charge in [-0.2, -0.15) is 0 Å². The van der Waals surface area contributed by atoms with Gasteiger partial charge in [-0.25, -0.2) is 9.97 Å². The Bertz CT molecular complexity index is 1440. The fourth-order valence-electron chi connectivity index (χ4n) is 5.63. The zero-order valence-electron chi connectivity index (χ0n) is 21.8. The molecule has 0 bridgehead atoms. The summed E-state index contributed by atoms with van der Waals surface area (Å²) in [6.07, 6.45) is 8.24. The maximum absolute atomic E-state index is 13.0. The van der Waals surface area contributed by atoms with Crippen molar-refractivity contribution < 1.29 is 9.59 Å². The number of aryl methyl sites for hydroxylation is 2. The summed E-state index contributed by atoms with van der Waals surface area (Å²) < 4.78 is 2.07. The molecule has 1 aliphatic heterocycles. The van der Waals surface area contributed by atoms with Crippen molar-refractivity contribution in [3.8, 4) is 11.3 Å². The molecule has 38 heavy (non-hydrogen) atoms. The van der Waals surface area contributed by atoms with E-state index in [9.17, 15) is 9.59 Å². The summed E-state index contributed by atoms with van der Waals surface area (Å²) in [5.74, 6) is 0.566. The number of allylic oxidation sites excluding steroid dienone is 2. The number of carbonyl (C=O) groups excluding carboxylic acids is 2. The minimum absolute atomic E-state index is 0. The van der Waals surface area contributed by atoms with E-state index in [1.165, 1.54) is 11.9 Å². The van der Waals surface area contributed by atoms with Gasteiger partial charge in [0.15, 0.2) is 0 Å². The third kappa shape index (κ3) is 4.83. The number of hydrogen-bond acceptors (Lipinski definition) is 5. The standard InChI is InChI=1S/C29H34N6O2.CH4/c1-17(2)28(36)33-21-11-12-22(18(3)15-21)25-23(24-26(30)31-16-32-27(24)34(25)4)19-7-9-20(10-8-19)29(37)35-13-5-6-14-35;/h7,11-12,15-16,20H,1,5-6,8-10,13-14H2,2-4H3,(H,33,36)(H2,30,31,32);1H4/t20-;/m0./s1. The van der Waals surface area contributed by atoms with Crippen LogP contribution in [0, 0.1) is 12.8 Å². The van der Waals surface area contributed by atoms with Crippen LogP contribution in [0.1, 0.15) is 57.6 Å². The normalized spacial score (nSPS) is 17.2. The number of benzene rings is 1. The maximum atomic E-state index is 13.0. The number of nitrogens with zero attached hydrogens (tertiary/aromatic N) is 4. The Balaban J connectivity index is 0.00000336. The predicted octanol–water partition coefficient (Wildman–Crippen LogP) is 5.48. The number of hydrogen-bond donors (Lipinski definition) is 2. The number of nitrogen functional groups attached to an aromatic ring is 1. The number of carbonyl (C=O) groups is 2. The van der Waals surface area contributed by atoms with Crippen molar-refractivity contribution in [3.63, 3.8) is 0 Å². The molecule has 1 fully saturated rings. The van der Waals surface area contributed by atoms with Crippen LogP contribution in [-0.4, -0.2) is 44.3 Å².